The van der Waals surface area contributed by atoms with Gasteiger partial charge in [0, 0.05) is 31.7 Å². The summed E-state index contributed by atoms with van der Waals surface area (Å²) in [6, 6.07) is 13.4. The van der Waals surface area contributed by atoms with Crippen molar-refractivity contribution in [2.75, 3.05) is 11.9 Å². The van der Waals surface area contributed by atoms with E-state index in [0.717, 1.165) is 11.1 Å². The molecule has 0 bridgehead atoms. The van der Waals surface area contributed by atoms with Crippen molar-refractivity contribution in [1.29, 1.82) is 0 Å². The fourth-order valence-corrected chi connectivity index (χ4v) is 5.02. The van der Waals surface area contributed by atoms with E-state index in [-0.39, 0.29) is 11.5 Å². The van der Waals surface area contributed by atoms with E-state index in [9.17, 15) is 9.59 Å². The van der Waals surface area contributed by atoms with Gasteiger partial charge < -0.3 is 9.88 Å². The molecular formula is C25H22N6O2S2. The number of thioether (sulfide) groups is 1. The summed E-state index contributed by atoms with van der Waals surface area (Å²) in [7, 11) is 0. The molecule has 1 fully saturated rings. The standard InChI is InChI=1S/C25H22N6O2S2/c1-17-7-8-21-28-22(27-10-12-29-11-9-26-16-29)19(23(32)30(21)14-17)13-20-24(33)31(25(34)35-20)15-18-5-3-2-4-6-18/h2-9,11,13-14,16,27H,10,12,15H2,1H3. The molecule has 0 spiro atoms. The summed E-state index contributed by atoms with van der Waals surface area (Å²) in [5.41, 5.74) is 2.51. The van der Waals surface area contributed by atoms with Crippen LogP contribution >= 0.6 is 24.0 Å². The summed E-state index contributed by atoms with van der Waals surface area (Å²) in [6.07, 6.45) is 8.66. The molecule has 8 nitrogen and oxygen atoms in total. The molecule has 0 atom stereocenters. The maximum Gasteiger partial charge on any atom is 0.267 e. The first-order chi connectivity index (χ1) is 17.0. The number of aromatic nitrogens is 4. The number of anilines is 1. The Hall–Kier alpha value is -3.76. The van der Waals surface area contributed by atoms with Crippen LogP contribution in [0, 0.1) is 6.92 Å². The second kappa shape index (κ2) is 9.85. The lowest BCUT2D eigenvalue weighted by molar-refractivity contribution is -0.122. The van der Waals surface area contributed by atoms with Crippen LogP contribution in [-0.2, 0) is 17.9 Å². The van der Waals surface area contributed by atoms with Crippen molar-refractivity contribution < 1.29 is 4.79 Å². The summed E-state index contributed by atoms with van der Waals surface area (Å²) < 4.78 is 3.90. The van der Waals surface area contributed by atoms with Crippen LogP contribution in [0.15, 0.2) is 77.1 Å². The predicted molar refractivity (Wildman–Crippen MR) is 142 cm³/mol. The molecule has 4 heterocycles. The number of imidazole rings is 1. The quantitative estimate of drug-likeness (QED) is 0.305. The highest BCUT2D eigenvalue weighted by molar-refractivity contribution is 8.26. The van der Waals surface area contributed by atoms with Crippen LogP contribution in [0.25, 0.3) is 11.7 Å². The molecule has 0 aliphatic carbocycles. The number of hydrogen-bond acceptors (Lipinski definition) is 7. The zero-order chi connectivity index (χ0) is 24.4. The number of nitrogens with zero attached hydrogens (tertiary/aromatic N) is 5. The van der Waals surface area contributed by atoms with Crippen LogP contribution in [-0.4, -0.2) is 40.6 Å². The van der Waals surface area contributed by atoms with Crippen LogP contribution in [0.3, 0.4) is 0 Å². The van der Waals surface area contributed by atoms with E-state index in [1.165, 1.54) is 16.2 Å². The van der Waals surface area contributed by atoms with Gasteiger partial charge in [0.05, 0.1) is 23.3 Å². The average molecular weight is 503 g/mol. The third-order valence-electron chi connectivity index (χ3n) is 5.56. The maximum atomic E-state index is 13.5. The second-order valence-corrected chi connectivity index (χ2v) is 9.77. The van der Waals surface area contributed by atoms with E-state index in [1.54, 1.807) is 35.8 Å². The summed E-state index contributed by atoms with van der Waals surface area (Å²) >= 11 is 6.69. The largest absolute Gasteiger partial charge is 0.368 e. The number of carbonyl (C=O) groups is 1. The van der Waals surface area contributed by atoms with Gasteiger partial charge in [0.25, 0.3) is 11.5 Å². The molecule has 5 rings (SSSR count). The summed E-state index contributed by atoms with van der Waals surface area (Å²) in [5, 5.41) is 3.27. The van der Waals surface area contributed by atoms with Crippen molar-refractivity contribution >= 4 is 51.7 Å². The Kier molecular flexibility index (Phi) is 6.47. The molecular weight excluding hydrogens is 480 g/mol. The van der Waals surface area contributed by atoms with Crippen molar-refractivity contribution in [1.82, 2.24) is 23.8 Å². The number of benzene rings is 1. The lowest BCUT2D eigenvalue weighted by Gasteiger charge is -2.14. The number of carbonyl (C=O) groups excluding carboxylic acids is 1. The zero-order valence-corrected chi connectivity index (χ0v) is 20.6. The average Bonchev–Trinajstić information content (AvgIpc) is 3.46. The second-order valence-electron chi connectivity index (χ2n) is 8.09. The summed E-state index contributed by atoms with van der Waals surface area (Å²) in [5.74, 6) is 0.203. The minimum absolute atomic E-state index is 0.220. The van der Waals surface area contributed by atoms with Gasteiger partial charge in [-0.25, -0.2) is 9.97 Å². The Balaban J connectivity index is 1.50. The molecule has 0 saturated carbocycles. The minimum Gasteiger partial charge on any atom is -0.368 e. The van der Waals surface area contributed by atoms with Gasteiger partial charge in [-0.05, 0) is 30.2 Å². The predicted octanol–water partition coefficient (Wildman–Crippen LogP) is 3.71. The SMILES string of the molecule is Cc1ccc2nc(NCCn3ccnc3)c(C=C3SC(=S)N(Cc4ccccc4)C3=O)c(=O)n2c1. The van der Waals surface area contributed by atoms with Crippen LogP contribution < -0.4 is 10.9 Å². The number of aryl methyl sites for hydroxylation is 1. The molecule has 0 unspecified atom stereocenters. The Morgan fingerprint density at radius 2 is 1.97 bits per heavy atom. The van der Waals surface area contributed by atoms with Crippen LogP contribution in [0.5, 0.6) is 0 Å². The van der Waals surface area contributed by atoms with E-state index in [1.807, 2.05) is 54.1 Å². The fourth-order valence-electron chi connectivity index (χ4n) is 3.78. The molecule has 1 aliphatic rings. The Morgan fingerprint density at radius 3 is 2.74 bits per heavy atom. The molecule has 10 heteroatoms. The molecule has 3 aromatic heterocycles. The van der Waals surface area contributed by atoms with Gasteiger partial charge in [0.1, 0.15) is 15.8 Å². The molecule has 1 aliphatic heterocycles. The molecule has 0 radical (unpaired) electrons. The van der Waals surface area contributed by atoms with Gasteiger partial charge in [-0.15, -0.1) is 0 Å². The number of hydrogen-bond donors (Lipinski definition) is 1. The van der Waals surface area contributed by atoms with Gasteiger partial charge in [-0.3, -0.25) is 18.9 Å². The number of fused-ring (bicyclic) bond motifs is 1. The normalized spacial score (nSPS) is 14.9. The summed E-state index contributed by atoms with van der Waals surface area (Å²) in [4.78, 5) is 37.4. The maximum absolute atomic E-state index is 13.5. The van der Waals surface area contributed by atoms with Crippen molar-refractivity contribution in [3.63, 3.8) is 0 Å². The Morgan fingerprint density at radius 1 is 1.14 bits per heavy atom. The van der Waals surface area contributed by atoms with Gasteiger partial charge >= 0.3 is 0 Å². The number of nitrogens with one attached hydrogen (secondary N) is 1. The Bertz CT molecular complexity index is 1500. The monoisotopic (exact) mass is 502 g/mol. The lowest BCUT2D eigenvalue weighted by atomic mass is 10.2. The molecule has 1 saturated heterocycles. The highest BCUT2D eigenvalue weighted by Crippen LogP contribution is 2.34. The smallest absolute Gasteiger partial charge is 0.267 e. The van der Waals surface area contributed by atoms with Crippen molar-refractivity contribution in [2.45, 2.75) is 20.0 Å². The first-order valence-electron chi connectivity index (χ1n) is 11.0. The lowest BCUT2D eigenvalue weighted by Crippen LogP contribution is -2.27. The zero-order valence-electron chi connectivity index (χ0n) is 18.9. The van der Waals surface area contributed by atoms with E-state index in [2.05, 4.69) is 15.3 Å². The first kappa shape index (κ1) is 23.0. The first-order valence-corrected chi connectivity index (χ1v) is 12.2. The fraction of sp³-hybridized carbons (Fsp3) is 0.160. The Labute approximate surface area is 211 Å². The third kappa shape index (κ3) is 4.89. The van der Waals surface area contributed by atoms with E-state index < -0.39 is 0 Å². The molecule has 35 heavy (non-hydrogen) atoms. The van der Waals surface area contributed by atoms with Gasteiger partial charge in [0.2, 0.25) is 0 Å². The highest BCUT2D eigenvalue weighted by atomic mass is 32.2. The number of pyridine rings is 1. The van der Waals surface area contributed by atoms with Crippen LogP contribution in [0.2, 0.25) is 0 Å². The van der Waals surface area contributed by atoms with Crippen LogP contribution in [0.1, 0.15) is 16.7 Å². The van der Waals surface area contributed by atoms with Crippen molar-refractivity contribution in [3.05, 3.63) is 99.3 Å². The number of amides is 1. The van der Waals surface area contributed by atoms with E-state index >= 15 is 0 Å². The molecule has 1 aromatic carbocycles. The third-order valence-corrected chi connectivity index (χ3v) is 6.94. The van der Waals surface area contributed by atoms with Crippen molar-refractivity contribution in [3.8, 4) is 0 Å². The number of rotatable bonds is 7. The molecule has 1 N–H and O–H groups in total. The summed E-state index contributed by atoms with van der Waals surface area (Å²) in [6.45, 7) is 3.47. The molecule has 4 aromatic rings. The van der Waals surface area contributed by atoms with E-state index in [4.69, 9.17) is 12.2 Å². The van der Waals surface area contributed by atoms with Crippen LogP contribution in [0.4, 0.5) is 5.82 Å². The van der Waals surface area contributed by atoms with Crippen molar-refractivity contribution in [2.24, 2.45) is 0 Å². The minimum atomic E-state index is -0.253. The number of thiocarbonyl (C=S) groups is 1. The highest BCUT2D eigenvalue weighted by Gasteiger charge is 2.32. The van der Waals surface area contributed by atoms with Gasteiger partial charge in [-0.2, -0.15) is 0 Å². The van der Waals surface area contributed by atoms with Gasteiger partial charge in [-0.1, -0.05) is 60.4 Å². The molecule has 176 valence electrons. The van der Waals surface area contributed by atoms with Gasteiger partial charge in [0.15, 0.2) is 0 Å². The van der Waals surface area contributed by atoms with E-state index in [0.29, 0.717) is 45.9 Å². The molecule has 1 amide bonds. The topological polar surface area (TPSA) is 84.5 Å².